The monoisotopic (exact) mass is 496 g/mol. The van der Waals surface area contributed by atoms with Crippen LogP contribution in [0.15, 0.2) is 23.6 Å². The first-order valence-corrected chi connectivity index (χ1v) is 12.2. The second-order valence-corrected chi connectivity index (χ2v) is 11.3. The first kappa shape index (κ1) is 25.6. The maximum Gasteiger partial charge on any atom is 0.336 e. The molecule has 1 aromatic rings. The molecule has 5 N–H and O–H groups in total. The number of carboxylic acid groups (broad SMARTS) is 1. The van der Waals surface area contributed by atoms with Gasteiger partial charge in [-0.15, -0.1) is 23.1 Å². The molecule has 0 radical (unpaired) electrons. The van der Waals surface area contributed by atoms with Gasteiger partial charge in [-0.05, 0) is 45.8 Å². The lowest BCUT2D eigenvalue weighted by molar-refractivity contribution is -0.162. The van der Waals surface area contributed by atoms with Crippen molar-refractivity contribution in [2.45, 2.75) is 73.4 Å². The van der Waals surface area contributed by atoms with Crippen LogP contribution in [0.25, 0.3) is 6.08 Å². The number of fused-ring (bicyclic) bond motifs is 4. The number of carbonyl (C=O) groups excluding carboxylic acids is 2. The number of thioether (sulfide) groups is 1. The highest BCUT2D eigenvalue weighted by Crippen LogP contribution is 2.54. The number of hydrogen-bond donors (Lipinski definition) is 5. The molecule has 3 heterocycles. The van der Waals surface area contributed by atoms with Crippen LogP contribution in [0.4, 0.5) is 0 Å². The number of carbonyl (C=O) groups is 3. The summed E-state index contributed by atoms with van der Waals surface area (Å²) in [6.07, 6.45) is 3.75. The highest BCUT2D eigenvalue weighted by molar-refractivity contribution is 8.01. The van der Waals surface area contributed by atoms with Gasteiger partial charge in [0.1, 0.15) is 11.1 Å². The number of aliphatic hydroxyl groups excluding tert-OH is 1. The van der Waals surface area contributed by atoms with Crippen LogP contribution >= 0.6 is 23.1 Å². The number of hydrogen-bond acceptors (Lipinski definition) is 9. The standard InChI is InChI=1S/C22H28N2O7S2/c1-12-18-24-13(11-32-18)6-4-5-7-14(25)16(27)17-20(2,30)8-9-22(33-17,10-15(26)23-12)21(3,31)19(28)29/h4-7,11-12,16-17,27,30-31H,8-10H2,1-3H3,(H,23,26)(H,28,29)/b6-4-,7-5+/t12-,16+,17+,20-,21+,22-/m1/s1. The molecule has 0 unspecified atom stereocenters. The van der Waals surface area contributed by atoms with Crippen molar-refractivity contribution >= 4 is 46.8 Å². The number of aromatic nitrogens is 1. The van der Waals surface area contributed by atoms with Gasteiger partial charge in [0.25, 0.3) is 0 Å². The molecule has 3 rings (SSSR count). The zero-order chi connectivity index (χ0) is 24.6. The van der Waals surface area contributed by atoms with Gasteiger partial charge in [0.15, 0.2) is 11.4 Å². The lowest BCUT2D eigenvalue weighted by atomic mass is 9.77. The Morgan fingerprint density at radius 2 is 1.94 bits per heavy atom. The maximum absolute atomic E-state index is 13.0. The summed E-state index contributed by atoms with van der Waals surface area (Å²) in [5, 5.41) is 46.6. The van der Waals surface area contributed by atoms with Gasteiger partial charge in [0, 0.05) is 11.8 Å². The van der Waals surface area contributed by atoms with Crippen LogP contribution in [0.1, 0.15) is 56.8 Å². The van der Waals surface area contributed by atoms with Gasteiger partial charge in [-0.3, -0.25) is 9.59 Å². The zero-order valence-electron chi connectivity index (χ0n) is 18.5. The van der Waals surface area contributed by atoms with Crippen LogP contribution in [0.3, 0.4) is 0 Å². The first-order chi connectivity index (χ1) is 15.3. The van der Waals surface area contributed by atoms with Gasteiger partial charge in [-0.25, -0.2) is 9.78 Å². The van der Waals surface area contributed by atoms with Gasteiger partial charge in [0.05, 0.1) is 27.3 Å². The molecule has 0 spiro atoms. The molecule has 1 aromatic heterocycles. The van der Waals surface area contributed by atoms with Crippen LogP contribution in [-0.2, 0) is 14.4 Å². The maximum atomic E-state index is 13.0. The van der Waals surface area contributed by atoms with E-state index < -0.39 is 57.4 Å². The van der Waals surface area contributed by atoms with Crippen molar-refractivity contribution in [3.8, 4) is 0 Å². The molecule has 1 fully saturated rings. The van der Waals surface area contributed by atoms with Crippen LogP contribution in [0, 0.1) is 0 Å². The predicted octanol–water partition coefficient (Wildman–Crippen LogP) is 1.44. The molecule has 4 bridgehead atoms. The predicted molar refractivity (Wildman–Crippen MR) is 125 cm³/mol. The summed E-state index contributed by atoms with van der Waals surface area (Å²) >= 11 is 2.12. The Morgan fingerprint density at radius 1 is 1.27 bits per heavy atom. The molecule has 0 saturated carbocycles. The number of nitrogens with one attached hydrogen (secondary N) is 1. The van der Waals surface area contributed by atoms with Crippen molar-refractivity contribution in [2.75, 3.05) is 0 Å². The molecule has 33 heavy (non-hydrogen) atoms. The molecule has 1 saturated heterocycles. The largest absolute Gasteiger partial charge is 0.479 e. The SMILES string of the molecule is C[C@H]1NC(=O)C[C@@]2([C@@](C)(O)C(=O)O)CC[C@@](C)(O)[C@@H](S2)[C@@H](O)C(=O)/C=C/C=C\c2csc1n2. The summed E-state index contributed by atoms with van der Waals surface area (Å²) in [6, 6.07) is -0.459. The third kappa shape index (κ3) is 5.07. The molecule has 180 valence electrons. The lowest BCUT2D eigenvalue weighted by Gasteiger charge is -2.52. The van der Waals surface area contributed by atoms with Gasteiger partial charge < -0.3 is 25.7 Å². The van der Waals surface area contributed by atoms with E-state index in [2.05, 4.69) is 10.3 Å². The average molecular weight is 497 g/mol. The average Bonchev–Trinajstić information content (AvgIpc) is 3.20. The van der Waals surface area contributed by atoms with E-state index in [0.29, 0.717) is 10.7 Å². The van der Waals surface area contributed by atoms with Gasteiger partial charge >= 0.3 is 5.97 Å². The fourth-order valence-electron chi connectivity index (χ4n) is 4.03. The smallest absolute Gasteiger partial charge is 0.336 e. The third-order valence-electron chi connectivity index (χ3n) is 6.25. The summed E-state index contributed by atoms with van der Waals surface area (Å²) in [4.78, 5) is 42.1. The molecular weight excluding hydrogens is 468 g/mol. The van der Waals surface area contributed by atoms with Crippen LogP contribution in [0.2, 0.25) is 0 Å². The Balaban J connectivity index is 2.09. The number of ketones is 1. The van der Waals surface area contributed by atoms with Crippen molar-refractivity contribution in [3.05, 3.63) is 34.3 Å². The Labute approximate surface area is 199 Å². The minimum Gasteiger partial charge on any atom is -0.479 e. The molecule has 6 atom stereocenters. The second kappa shape index (κ2) is 9.30. The Morgan fingerprint density at radius 3 is 2.61 bits per heavy atom. The molecule has 2 aliphatic rings. The van der Waals surface area contributed by atoms with Gasteiger partial charge in [-0.2, -0.15) is 0 Å². The van der Waals surface area contributed by atoms with E-state index in [1.54, 1.807) is 24.5 Å². The summed E-state index contributed by atoms with van der Waals surface area (Å²) in [5.41, 5.74) is -3.29. The highest BCUT2D eigenvalue weighted by Gasteiger charge is 2.61. The number of thiazole rings is 1. The molecule has 1 amide bonds. The molecular formula is C22H28N2O7S2. The van der Waals surface area contributed by atoms with Crippen molar-refractivity contribution < 1.29 is 34.8 Å². The first-order valence-electron chi connectivity index (χ1n) is 10.5. The lowest BCUT2D eigenvalue weighted by Crippen LogP contribution is -2.64. The minimum absolute atomic E-state index is 0.0246. The normalized spacial score (nSPS) is 37.0. The Hall–Kier alpha value is -2.05. The Bertz CT molecular complexity index is 1000. The zero-order valence-corrected chi connectivity index (χ0v) is 20.2. The van der Waals surface area contributed by atoms with Crippen molar-refractivity contribution in [1.82, 2.24) is 10.3 Å². The summed E-state index contributed by atoms with van der Waals surface area (Å²) in [5.74, 6) is -2.75. The van der Waals surface area contributed by atoms with E-state index in [1.165, 1.54) is 24.3 Å². The number of carboxylic acids is 1. The van der Waals surface area contributed by atoms with E-state index in [4.69, 9.17) is 0 Å². The number of nitrogens with zero attached hydrogens (tertiary/aromatic N) is 1. The van der Waals surface area contributed by atoms with Crippen molar-refractivity contribution in [1.29, 1.82) is 0 Å². The minimum atomic E-state index is -2.38. The van der Waals surface area contributed by atoms with E-state index >= 15 is 0 Å². The van der Waals surface area contributed by atoms with Crippen molar-refractivity contribution in [2.24, 2.45) is 0 Å². The quantitative estimate of drug-likeness (QED) is 0.409. The second-order valence-electron chi connectivity index (χ2n) is 8.91. The fourth-order valence-corrected chi connectivity index (χ4v) is 6.69. The molecule has 0 aromatic carbocycles. The summed E-state index contributed by atoms with van der Waals surface area (Å²) in [7, 11) is 0. The summed E-state index contributed by atoms with van der Waals surface area (Å²) in [6.45, 7) is 4.30. The highest BCUT2D eigenvalue weighted by atomic mass is 32.2. The number of allylic oxidation sites excluding steroid dienone is 2. The number of rotatable bonds is 2. The molecule has 11 heteroatoms. The van der Waals surface area contributed by atoms with E-state index in [9.17, 15) is 34.8 Å². The van der Waals surface area contributed by atoms with Crippen LogP contribution in [-0.4, -0.2) is 70.4 Å². The van der Waals surface area contributed by atoms with Crippen LogP contribution < -0.4 is 5.32 Å². The molecule has 0 aliphatic carbocycles. The number of aliphatic hydroxyl groups is 3. The number of aliphatic carboxylic acids is 1. The topological polar surface area (TPSA) is 157 Å². The number of amides is 1. The van der Waals surface area contributed by atoms with Gasteiger partial charge in [-0.1, -0.05) is 12.2 Å². The summed E-state index contributed by atoms with van der Waals surface area (Å²) < 4.78 is -1.61. The molecule has 2 aliphatic heterocycles. The fraction of sp³-hybridized carbons (Fsp3) is 0.545. The van der Waals surface area contributed by atoms with E-state index in [0.717, 1.165) is 24.8 Å². The van der Waals surface area contributed by atoms with Crippen molar-refractivity contribution in [3.63, 3.8) is 0 Å². The van der Waals surface area contributed by atoms with Crippen LogP contribution in [0.5, 0.6) is 0 Å². The van der Waals surface area contributed by atoms with E-state index in [-0.39, 0.29) is 12.8 Å². The molecule has 9 nitrogen and oxygen atoms in total. The van der Waals surface area contributed by atoms with Gasteiger partial charge in [0.2, 0.25) is 5.91 Å². The Kier molecular flexibility index (Phi) is 7.21. The third-order valence-corrected chi connectivity index (χ3v) is 9.52. The van der Waals surface area contributed by atoms with E-state index in [1.807, 2.05) is 0 Å².